The van der Waals surface area contributed by atoms with Crippen molar-refractivity contribution in [3.8, 4) is 5.75 Å². The normalized spacial score (nSPS) is 21.6. The summed E-state index contributed by atoms with van der Waals surface area (Å²) in [7, 11) is 0. The Labute approximate surface area is 176 Å². The highest BCUT2D eigenvalue weighted by Gasteiger charge is 2.41. The van der Waals surface area contributed by atoms with Crippen LogP contribution in [-0.2, 0) is 25.7 Å². The first kappa shape index (κ1) is 20.7. The molecule has 1 aromatic rings. The summed E-state index contributed by atoms with van der Waals surface area (Å²) < 4.78 is 11.9. The van der Waals surface area contributed by atoms with E-state index in [1.807, 2.05) is 24.3 Å². The van der Waals surface area contributed by atoms with Gasteiger partial charge in [-0.3, -0.25) is 14.4 Å². The number of nitrogens with zero attached hydrogens (tertiary/aromatic N) is 2. The Morgan fingerprint density at radius 1 is 1.23 bits per heavy atom. The van der Waals surface area contributed by atoms with E-state index in [1.54, 1.807) is 16.7 Å². The highest BCUT2D eigenvalue weighted by atomic mass is 16.5. The Morgan fingerprint density at radius 3 is 2.73 bits per heavy atom. The number of fused-ring (bicyclic) bond motifs is 1. The molecule has 8 nitrogen and oxygen atoms in total. The molecule has 0 aliphatic carbocycles. The van der Waals surface area contributed by atoms with Crippen LogP contribution in [0.2, 0.25) is 0 Å². The van der Waals surface area contributed by atoms with Gasteiger partial charge in [0.15, 0.2) is 0 Å². The third-order valence-electron chi connectivity index (χ3n) is 6.11. The van der Waals surface area contributed by atoms with E-state index in [1.165, 1.54) is 0 Å². The largest absolute Gasteiger partial charge is 0.485 e. The van der Waals surface area contributed by atoms with Crippen LogP contribution >= 0.6 is 0 Å². The van der Waals surface area contributed by atoms with Gasteiger partial charge in [0.2, 0.25) is 17.7 Å². The lowest BCUT2D eigenvalue weighted by Gasteiger charge is -2.39. The molecule has 1 spiro atoms. The number of hydrogen-bond donors (Lipinski definition) is 1. The summed E-state index contributed by atoms with van der Waals surface area (Å²) in [6.07, 6.45) is 2.69. The first-order valence-corrected chi connectivity index (χ1v) is 10.7. The number of carbonyl (C=O) groups excluding carboxylic acids is 3. The maximum Gasteiger partial charge on any atom is 0.245 e. The molecule has 2 fully saturated rings. The predicted molar refractivity (Wildman–Crippen MR) is 109 cm³/mol. The van der Waals surface area contributed by atoms with Crippen LogP contribution < -0.4 is 10.1 Å². The van der Waals surface area contributed by atoms with E-state index < -0.39 is 11.6 Å². The molecule has 3 amide bonds. The average Bonchev–Trinajstić information content (AvgIpc) is 3.05. The van der Waals surface area contributed by atoms with Gasteiger partial charge in [0.05, 0.1) is 26.3 Å². The molecule has 1 unspecified atom stereocenters. The summed E-state index contributed by atoms with van der Waals surface area (Å²) in [5, 5.41) is 2.77. The lowest BCUT2D eigenvalue weighted by Crippen LogP contribution is -2.55. The highest BCUT2D eigenvalue weighted by Crippen LogP contribution is 2.35. The average molecular weight is 415 g/mol. The van der Waals surface area contributed by atoms with Crippen molar-refractivity contribution in [2.24, 2.45) is 0 Å². The highest BCUT2D eigenvalue weighted by molar-refractivity contribution is 5.90. The van der Waals surface area contributed by atoms with Gasteiger partial charge in [0.1, 0.15) is 17.4 Å². The Hall–Kier alpha value is -2.61. The quantitative estimate of drug-likeness (QED) is 0.795. The van der Waals surface area contributed by atoms with Crippen LogP contribution in [0.15, 0.2) is 24.3 Å². The molecule has 0 aromatic heterocycles. The summed E-state index contributed by atoms with van der Waals surface area (Å²) >= 11 is 0. The number of para-hydroxylation sites is 1. The van der Waals surface area contributed by atoms with Crippen molar-refractivity contribution in [1.29, 1.82) is 0 Å². The number of ether oxygens (including phenoxy) is 2. The lowest BCUT2D eigenvalue weighted by atomic mass is 9.93. The summed E-state index contributed by atoms with van der Waals surface area (Å²) in [5.41, 5.74) is 0.474. The van der Waals surface area contributed by atoms with Gasteiger partial charge >= 0.3 is 0 Å². The SMILES string of the molecule is CC(NC(=O)CN1CCCC1=O)C(=O)N1Cc2ccccc2OC2(CCOCC2)C1. The Balaban J connectivity index is 1.46. The molecule has 1 N–H and O–H groups in total. The molecule has 8 heteroatoms. The molecule has 162 valence electrons. The van der Waals surface area contributed by atoms with E-state index in [2.05, 4.69) is 5.32 Å². The number of rotatable bonds is 4. The molecule has 3 aliphatic rings. The van der Waals surface area contributed by atoms with Gasteiger partial charge < -0.3 is 24.6 Å². The van der Waals surface area contributed by atoms with E-state index in [-0.39, 0.29) is 24.3 Å². The van der Waals surface area contributed by atoms with Gasteiger partial charge in [0, 0.05) is 37.9 Å². The first-order valence-electron chi connectivity index (χ1n) is 10.7. The van der Waals surface area contributed by atoms with Gasteiger partial charge in [-0.25, -0.2) is 0 Å². The predicted octanol–water partition coefficient (Wildman–Crippen LogP) is 1.08. The van der Waals surface area contributed by atoms with Gasteiger partial charge in [-0.15, -0.1) is 0 Å². The fraction of sp³-hybridized carbons (Fsp3) is 0.591. The minimum Gasteiger partial charge on any atom is -0.485 e. The number of amides is 3. The fourth-order valence-corrected chi connectivity index (χ4v) is 4.44. The van der Waals surface area contributed by atoms with Crippen LogP contribution in [0.5, 0.6) is 5.75 Å². The Kier molecular flexibility index (Phi) is 5.94. The second-order valence-corrected chi connectivity index (χ2v) is 8.41. The molecule has 0 radical (unpaired) electrons. The van der Waals surface area contributed by atoms with Gasteiger partial charge in [-0.1, -0.05) is 18.2 Å². The Bertz CT molecular complexity index is 821. The molecule has 3 aliphatic heterocycles. The second kappa shape index (κ2) is 8.63. The van der Waals surface area contributed by atoms with E-state index in [4.69, 9.17) is 9.47 Å². The van der Waals surface area contributed by atoms with E-state index >= 15 is 0 Å². The van der Waals surface area contributed by atoms with Crippen molar-refractivity contribution in [3.63, 3.8) is 0 Å². The van der Waals surface area contributed by atoms with Crippen molar-refractivity contribution in [3.05, 3.63) is 29.8 Å². The molecule has 1 aromatic carbocycles. The van der Waals surface area contributed by atoms with Crippen LogP contribution in [0.25, 0.3) is 0 Å². The standard InChI is InChI=1S/C22H29N3O5/c1-16(23-19(26)14-24-10-4-7-20(24)27)21(28)25-13-17-5-2-3-6-18(17)30-22(15-25)8-11-29-12-9-22/h2-3,5-6,16H,4,7-15H2,1H3,(H,23,26). The van der Waals surface area contributed by atoms with Crippen LogP contribution in [0.1, 0.15) is 38.2 Å². The molecule has 1 atom stereocenters. The minimum atomic E-state index is -0.683. The monoisotopic (exact) mass is 415 g/mol. The lowest BCUT2D eigenvalue weighted by molar-refractivity contribution is -0.141. The van der Waals surface area contributed by atoms with E-state index in [0.717, 1.165) is 17.7 Å². The van der Waals surface area contributed by atoms with Gasteiger partial charge in [-0.2, -0.15) is 0 Å². The van der Waals surface area contributed by atoms with Crippen molar-refractivity contribution >= 4 is 17.7 Å². The number of hydrogen-bond acceptors (Lipinski definition) is 5. The number of likely N-dealkylation sites (tertiary alicyclic amines) is 1. The van der Waals surface area contributed by atoms with E-state index in [0.29, 0.717) is 52.1 Å². The van der Waals surface area contributed by atoms with Crippen LogP contribution in [0, 0.1) is 0 Å². The minimum absolute atomic E-state index is 0.00365. The number of nitrogens with one attached hydrogen (secondary N) is 1. The van der Waals surface area contributed by atoms with Crippen molar-refractivity contribution in [1.82, 2.24) is 15.1 Å². The zero-order valence-corrected chi connectivity index (χ0v) is 17.4. The molecule has 0 saturated carbocycles. The molecular formula is C22H29N3O5. The van der Waals surface area contributed by atoms with Crippen molar-refractivity contribution in [2.75, 3.05) is 32.8 Å². The van der Waals surface area contributed by atoms with Crippen molar-refractivity contribution < 1.29 is 23.9 Å². The Morgan fingerprint density at radius 2 is 2.00 bits per heavy atom. The maximum atomic E-state index is 13.3. The fourth-order valence-electron chi connectivity index (χ4n) is 4.44. The summed E-state index contributed by atoms with van der Waals surface area (Å²) in [6.45, 7) is 4.38. The van der Waals surface area contributed by atoms with Crippen molar-refractivity contribution in [2.45, 2.75) is 50.8 Å². The third kappa shape index (κ3) is 4.43. The molecule has 2 saturated heterocycles. The van der Waals surface area contributed by atoms with Gasteiger partial charge in [-0.05, 0) is 19.4 Å². The number of carbonyl (C=O) groups is 3. The molecule has 0 bridgehead atoms. The zero-order valence-electron chi connectivity index (χ0n) is 17.4. The second-order valence-electron chi connectivity index (χ2n) is 8.41. The maximum absolute atomic E-state index is 13.3. The summed E-state index contributed by atoms with van der Waals surface area (Å²) in [5.74, 6) is 0.339. The molecule has 30 heavy (non-hydrogen) atoms. The summed E-state index contributed by atoms with van der Waals surface area (Å²) in [4.78, 5) is 40.7. The van der Waals surface area contributed by atoms with Crippen LogP contribution in [0.4, 0.5) is 0 Å². The smallest absolute Gasteiger partial charge is 0.245 e. The number of benzene rings is 1. The topological polar surface area (TPSA) is 88.2 Å². The zero-order chi connectivity index (χ0) is 21.1. The molecular weight excluding hydrogens is 386 g/mol. The van der Waals surface area contributed by atoms with E-state index in [9.17, 15) is 14.4 Å². The summed E-state index contributed by atoms with van der Waals surface area (Å²) in [6, 6.07) is 7.10. The third-order valence-corrected chi connectivity index (χ3v) is 6.11. The first-order chi connectivity index (χ1) is 14.5. The molecule has 3 heterocycles. The molecule has 4 rings (SSSR count). The van der Waals surface area contributed by atoms with Crippen LogP contribution in [0.3, 0.4) is 0 Å². The van der Waals surface area contributed by atoms with Crippen LogP contribution in [-0.4, -0.2) is 72.0 Å². The van der Waals surface area contributed by atoms with Gasteiger partial charge in [0.25, 0.3) is 0 Å².